The molecular weight excluding hydrogens is 474 g/mol. The number of rotatable bonds is 6. The number of benzene rings is 2. The van der Waals surface area contributed by atoms with Gasteiger partial charge in [-0.1, -0.05) is 6.07 Å². The third-order valence-corrected chi connectivity index (χ3v) is 6.58. The molecule has 5 rings (SSSR count). The third-order valence-electron chi connectivity index (χ3n) is 6.58. The molecule has 188 valence electrons. The highest BCUT2D eigenvalue weighted by molar-refractivity contribution is 5.57. The number of ether oxygens (including phenoxy) is 1. The van der Waals surface area contributed by atoms with Gasteiger partial charge in [-0.25, -0.2) is 4.98 Å². The Bertz CT molecular complexity index is 1510. The van der Waals surface area contributed by atoms with Crippen LogP contribution in [0.2, 0.25) is 0 Å². The van der Waals surface area contributed by atoms with Crippen LogP contribution in [0.25, 0.3) is 0 Å². The van der Waals surface area contributed by atoms with Gasteiger partial charge in [-0.3, -0.25) is 9.88 Å². The molecule has 0 saturated heterocycles. The second-order valence-corrected chi connectivity index (χ2v) is 9.38. The number of fused-ring (bicyclic) bond motifs is 1. The fraction of sp³-hybridized carbons (Fsp3) is 0.233. The third kappa shape index (κ3) is 5.62. The van der Waals surface area contributed by atoms with Crippen molar-refractivity contribution < 1.29 is 4.74 Å². The van der Waals surface area contributed by atoms with E-state index in [0.717, 1.165) is 60.5 Å². The maximum Gasteiger partial charge on any atom is 0.230 e. The van der Waals surface area contributed by atoms with Crippen LogP contribution in [-0.2, 0) is 19.4 Å². The zero-order valence-electron chi connectivity index (χ0n) is 21.4. The molecule has 0 fully saturated rings. The van der Waals surface area contributed by atoms with Crippen molar-refractivity contribution in [3.63, 3.8) is 0 Å². The molecule has 4 aromatic rings. The Morgan fingerprint density at radius 1 is 0.947 bits per heavy atom. The number of hydrogen-bond acceptors (Lipinski definition) is 8. The first-order chi connectivity index (χ1) is 18.5. The molecule has 2 aromatic carbocycles. The summed E-state index contributed by atoms with van der Waals surface area (Å²) < 4.78 is 6.49. The van der Waals surface area contributed by atoms with E-state index in [-0.39, 0.29) is 0 Å². The van der Waals surface area contributed by atoms with Crippen molar-refractivity contribution in [2.75, 3.05) is 18.4 Å². The minimum atomic E-state index is 0.438. The lowest BCUT2D eigenvalue weighted by Crippen LogP contribution is -2.26. The monoisotopic (exact) mass is 501 g/mol. The Morgan fingerprint density at radius 3 is 2.37 bits per heavy atom. The summed E-state index contributed by atoms with van der Waals surface area (Å²) in [5.74, 6) is 1.66. The van der Waals surface area contributed by atoms with Gasteiger partial charge in [0.05, 0.1) is 29.0 Å². The molecule has 0 atom stereocenters. The van der Waals surface area contributed by atoms with Crippen molar-refractivity contribution in [2.24, 2.45) is 0 Å². The number of nitriles is 2. The van der Waals surface area contributed by atoms with E-state index in [0.29, 0.717) is 28.7 Å². The molecule has 2 aromatic heterocycles. The molecular formula is C30H27N7O. The van der Waals surface area contributed by atoms with Crippen molar-refractivity contribution in [1.82, 2.24) is 19.9 Å². The SMILES string of the molecule is Cc1cc(C#N)cc(C)c1Oc1nc(Nc2ccc(C#N)cc2)nc2c1CCN(Cc1cccnc1)CC2. The van der Waals surface area contributed by atoms with Crippen LogP contribution in [0, 0.1) is 36.5 Å². The summed E-state index contributed by atoms with van der Waals surface area (Å²) >= 11 is 0. The van der Waals surface area contributed by atoms with Crippen LogP contribution < -0.4 is 10.1 Å². The Hall–Kier alpha value is -4.79. The smallest absolute Gasteiger partial charge is 0.230 e. The van der Waals surface area contributed by atoms with Crippen LogP contribution in [0.3, 0.4) is 0 Å². The van der Waals surface area contributed by atoms with Gasteiger partial charge < -0.3 is 10.1 Å². The lowest BCUT2D eigenvalue weighted by molar-refractivity contribution is 0.278. The summed E-state index contributed by atoms with van der Waals surface area (Å²) in [6.45, 7) is 6.39. The van der Waals surface area contributed by atoms with Gasteiger partial charge in [0.15, 0.2) is 0 Å². The Labute approximate surface area is 222 Å². The predicted octanol–water partition coefficient (Wildman–Crippen LogP) is 5.37. The summed E-state index contributed by atoms with van der Waals surface area (Å²) in [6, 6.07) is 19.2. The molecule has 1 aliphatic rings. The molecule has 0 unspecified atom stereocenters. The molecule has 38 heavy (non-hydrogen) atoms. The fourth-order valence-corrected chi connectivity index (χ4v) is 4.69. The van der Waals surface area contributed by atoms with Gasteiger partial charge in [0, 0.05) is 49.7 Å². The first-order valence-corrected chi connectivity index (χ1v) is 12.5. The fourth-order valence-electron chi connectivity index (χ4n) is 4.69. The molecule has 8 nitrogen and oxygen atoms in total. The molecule has 0 bridgehead atoms. The normalized spacial score (nSPS) is 13.1. The molecule has 8 heteroatoms. The first-order valence-electron chi connectivity index (χ1n) is 12.5. The average Bonchev–Trinajstić information content (AvgIpc) is 3.14. The minimum Gasteiger partial charge on any atom is -0.438 e. The molecule has 0 amide bonds. The molecule has 3 heterocycles. The maximum atomic E-state index is 9.35. The second-order valence-electron chi connectivity index (χ2n) is 9.38. The number of nitrogens with one attached hydrogen (secondary N) is 1. The van der Waals surface area contributed by atoms with Crippen LogP contribution >= 0.6 is 0 Å². The molecule has 0 saturated carbocycles. The highest BCUT2D eigenvalue weighted by Gasteiger charge is 2.23. The van der Waals surface area contributed by atoms with Crippen LogP contribution in [0.4, 0.5) is 11.6 Å². The van der Waals surface area contributed by atoms with Crippen molar-refractivity contribution in [2.45, 2.75) is 33.2 Å². The van der Waals surface area contributed by atoms with Crippen molar-refractivity contribution in [3.8, 4) is 23.8 Å². The van der Waals surface area contributed by atoms with Gasteiger partial charge in [-0.05, 0) is 79.4 Å². The zero-order valence-corrected chi connectivity index (χ0v) is 21.4. The Kier molecular flexibility index (Phi) is 7.26. The number of aryl methyl sites for hydroxylation is 2. The van der Waals surface area contributed by atoms with Crippen LogP contribution in [0.15, 0.2) is 60.9 Å². The lowest BCUT2D eigenvalue weighted by atomic mass is 10.1. The summed E-state index contributed by atoms with van der Waals surface area (Å²) in [5, 5.41) is 21.7. The predicted molar refractivity (Wildman–Crippen MR) is 144 cm³/mol. The van der Waals surface area contributed by atoms with E-state index in [9.17, 15) is 5.26 Å². The topological polar surface area (TPSA) is 111 Å². The van der Waals surface area contributed by atoms with E-state index in [2.05, 4.69) is 33.4 Å². The van der Waals surface area contributed by atoms with E-state index < -0.39 is 0 Å². The summed E-state index contributed by atoms with van der Waals surface area (Å²) in [4.78, 5) is 16.3. The van der Waals surface area contributed by atoms with Crippen molar-refractivity contribution in [3.05, 3.63) is 100.0 Å². The summed E-state index contributed by atoms with van der Waals surface area (Å²) in [5.41, 5.74) is 6.84. The quantitative estimate of drug-likeness (QED) is 0.375. The van der Waals surface area contributed by atoms with Crippen LogP contribution in [0.1, 0.15) is 39.1 Å². The van der Waals surface area contributed by atoms with Crippen molar-refractivity contribution in [1.29, 1.82) is 10.5 Å². The molecule has 1 N–H and O–H groups in total. The largest absolute Gasteiger partial charge is 0.438 e. The van der Waals surface area contributed by atoms with Gasteiger partial charge in [-0.15, -0.1) is 0 Å². The number of hydrogen-bond donors (Lipinski definition) is 1. The number of anilines is 2. The number of aromatic nitrogens is 3. The Morgan fingerprint density at radius 2 is 1.68 bits per heavy atom. The summed E-state index contributed by atoms with van der Waals surface area (Å²) in [6.07, 6.45) is 5.19. The number of nitrogens with zero attached hydrogens (tertiary/aromatic N) is 6. The molecule has 0 radical (unpaired) electrons. The maximum absolute atomic E-state index is 9.35. The standard InChI is InChI=1S/C30H27N7O/c1-20-14-24(17-32)15-21(2)28(20)38-29-26-9-12-37(19-23-4-3-11-33-18-23)13-10-27(26)35-30(36-29)34-25-7-5-22(16-31)6-8-25/h3-8,11,14-15,18H,9-10,12-13,19H2,1-2H3,(H,34,35,36). The van der Waals surface area contributed by atoms with E-state index in [1.807, 2.05) is 50.4 Å². The first kappa shape index (κ1) is 24.9. The highest BCUT2D eigenvalue weighted by Crippen LogP contribution is 2.34. The van der Waals surface area contributed by atoms with Gasteiger partial charge in [0.1, 0.15) is 5.75 Å². The van der Waals surface area contributed by atoms with E-state index in [1.54, 1.807) is 18.3 Å². The van der Waals surface area contributed by atoms with Crippen molar-refractivity contribution >= 4 is 11.6 Å². The van der Waals surface area contributed by atoms with E-state index in [4.69, 9.17) is 20.0 Å². The summed E-state index contributed by atoms with van der Waals surface area (Å²) in [7, 11) is 0. The van der Waals surface area contributed by atoms with Crippen LogP contribution in [-0.4, -0.2) is 32.9 Å². The molecule has 0 aliphatic carbocycles. The van der Waals surface area contributed by atoms with Gasteiger partial charge in [-0.2, -0.15) is 15.5 Å². The second kappa shape index (κ2) is 11.1. The van der Waals surface area contributed by atoms with Gasteiger partial charge in [0.25, 0.3) is 0 Å². The molecule has 1 aliphatic heterocycles. The Balaban J connectivity index is 1.48. The lowest BCUT2D eigenvalue weighted by Gasteiger charge is -2.19. The minimum absolute atomic E-state index is 0.438. The van der Waals surface area contributed by atoms with Gasteiger partial charge in [0.2, 0.25) is 11.8 Å². The zero-order chi connectivity index (χ0) is 26.5. The van der Waals surface area contributed by atoms with Crippen LogP contribution in [0.5, 0.6) is 11.6 Å². The van der Waals surface area contributed by atoms with E-state index in [1.165, 1.54) is 5.56 Å². The highest BCUT2D eigenvalue weighted by atomic mass is 16.5. The average molecular weight is 502 g/mol. The van der Waals surface area contributed by atoms with E-state index >= 15 is 0 Å². The number of pyridine rings is 1. The molecule has 0 spiro atoms. The van der Waals surface area contributed by atoms with Gasteiger partial charge >= 0.3 is 0 Å².